The van der Waals surface area contributed by atoms with E-state index < -0.39 is 11.7 Å². The van der Waals surface area contributed by atoms with Gasteiger partial charge in [0.1, 0.15) is 23.0 Å². The van der Waals surface area contributed by atoms with Crippen LogP contribution in [0.5, 0.6) is 5.75 Å². The first-order chi connectivity index (χ1) is 10.1. The van der Waals surface area contributed by atoms with Crippen molar-refractivity contribution in [3.8, 4) is 5.75 Å². The number of halogens is 1. The van der Waals surface area contributed by atoms with Crippen LogP contribution in [0.25, 0.3) is 0 Å². The van der Waals surface area contributed by atoms with Crippen molar-refractivity contribution < 1.29 is 19.1 Å². The van der Waals surface area contributed by atoms with Crippen LogP contribution >= 0.6 is 0 Å². The molecular weight excluding hydrogens is 277 g/mol. The van der Waals surface area contributed by atoms with Crippen LogP contribution in [0.2, 0.25) is 0 Å². The smallest absolute Gasteiger partial charge is 0.260 e. The number of hydrogen-bond acceptors (Lipinski definition) is 4. The van der Waals surface area contributed by atoms with Gasteiger partial charge in [0.05, 0.1) is 7.11 Å². The third kappa shape index (κ3) is 3.07. The van der Waals surface area contributed by atoms with Gasteiger partial charge in [-0.3, -0.25) is 4.79 Å². The van der Waals surface area contributed by atoms with Gasteiger partial charge in [-0.25, -0.2) is 4.39 Å². The fourth-order valence-corrected chi connectivity index (χ4v) is 2.52. The Hall–Kier alpha value is -2.31. The van der Waals surface area contributed by atoms with Gasteiger partial charge in [0, 0.05) is 19.0 Å². The van der Waals surface area contributed by atoms with Crippen molar-refractivity contribution in [2.75, 3.05) is 20.2 Å². The second-order valence-corrected chi connectivity index (χ2v) is 4.93. The highest BCUT2D eigenvalue weighted by Gasteiger charge is 2.29. The molecule has 0 saturated carbocycles. The summed E-state index contributed by atoms with van der Waals surface area (Å²) in [5, 5.41) is 11.7. The molecule has 1 saturated heterocycles. The summed E-state index contributed by atoms with van der Waals surface area (Å²) in [5.41, 5.74) is 5.51. The van der Waals surface area contributed by atoms with E-state index in [-0.39, 0.29) is 23.1 Å². The molecule has 21 heavy (non-hydrogen) atoms. The van der Waals surface area contributed by atoms with Crippen molar-refractivity contribution in [2.45, 2.75) is 12.8 Å². The summed E-state index contributed by atoms with van der Waals surface area (Å²) in [7, 11) is 1.39. The number of carbonyl (C=O) groups is 1. The molecule has 0 radical (unpaired) electrons. The molecule has 1 aromatic carbocycles. The molecular formula is C14H18FN3O3. The SMILES string of the molecule is COc1cccc(F)c1C(=O)N1CCCC(C(N)=NO)C1. The van der Waals surface area contributed by atoms with Gasteiger partial charge in [-0.1, -0.05) is 11.2 Å². The summed E-state index contributed by atoms with van der Waals surface area (Å²) in [4.78, 5) is 14.0. The van der Waals surface area contributed by atoms with E-state index in [1.165, 1.54) is 24.1 Å². The van der Waals surface area contributed by atoms with E-state index in [9.17, 15) is 9.18 Å². The van der Waals surface area contributed by atoms with Crippen LogP contribution in [0.1, 0.15) is 23.2 Å². The van der Waals surface area contributed by atoms with E-state index in [1.807, 2.05) is 0 Å². The van der Waals surface area contributed by atoms with Crippen LogP contribution in [0.3, 0.4) is 0 Å². The third-order valence-electron chi connectivity index (χ3n) is 3.65. The number of benzene rings is 1. The Balaban J connectivity index is 2.24. The highest BCUT2D eigenvalue weighted by molar-refractivity contribution is 5.97. The van der Waals surface area contributed by atoms with Gasteiger partial charge >= 0.3 is 0 Å². The Kier molecular flexibility index (Phi) is 4.62. The van der Waals surface area contributed by atoms with Crippen LogP contribution < -0.4 is 10.5 Å². The predicted molar refractivity (Wildman–Crippen MR) is 75.0 cm³/mol. The van der Waals surface area contributed by atoms with E-state index in [4.69, 9.17) is 15.7 Å². The first-order valence-corrected chi connectivity index (χ1v) is 6.67. The second kappa shape index (κ2) is 6.43. The quantitative estimate of drug-likeness (QED) is 0.382. The number of likely N-dealkylation sites (tertiary alicyclic amines) is 1. The number of ether oxygens (including phenoxy) is 1. The highest BCUT2D eigenvalue weighted by atomic mass is 19.1. The normalized spacial score (nSPS) is 19.4. The number of amides is 1. The molecule has 6 nitrogen and oxygen atoms in total. The maximum atomic E-state index is 13.9. The number of oxime groups is 1. The summed E-state index contributed by atoms with van der Waals surface area (Å²) in [6.45, 7) is 0.803. The summed E-state index contributed by atoms with van der Waals surface area (Å²) in [5.74, 6) is -0.991. The predicted octanol–water partition coefficient (Wildman–Crippen LogP) is 1.43. The lowest BCUT2D eigenvalue weighted by atomic mass is 9.96. The largest absolute Gasteiger partial charge is 0.496 e. The average Bonchev–Trinajstić information content (AvgIpc) is 2.53. The van der Waals surface area contributed by atoms with Crippen molar-refractivity contribution in [3.05, 3.63) is 29.6 Å². The topological polar surface area (TPSA) is 88.2 Å². The standard InChI is InChI=1S/C14H18FN3O3/c1-21-11-6-2-5-10(15)12(11)14(19)18-7-3-4-9(8-18)13(16)17-20/h2,5-6,9,20H,3-4,7-8H2,1H3,(H2,16,17). The molecule has 7 heteroatoms. The Bertz CT molecular complexity index is 562. The number of piperidine rings is 1. The number of nitrogens with two attached hydrogens (primary N) is 1. The van der Waals surface area contributed by atoms with Gasteiger partial charge in [0.2, 0.25) is 0 Å². The van der Waals surface area contributed by atoms with Gasteiger partial charge in [0.15, 0.2) is 0 Å². The molecule has 0 aliphatic carbocycles. The Labute approximate surface area is 122 Å². The van der Waals surface area contributed by atoms with Gasteiger partial charge < -0.3 is 20.6 Å². The fraction of sp³-hybridized carbons (Fsp3) is 0.429. The minimum atomic E-state index is -0.620. The van der Waals surface area contributed by atoms with Crippen molar-refractivity contribution in [1.82, 2.24) is 4.90 Å². The molecule has 1 heterocycles. The van der Waals surface area contributed by atoms with Crippen molar-refractivity contribution >= 4 is 11.7 Å². The molecule has 0 spiro atoms. The van der Waals surface area contributed by atoms with Gasteiger partial charge in [-0.2, -0.15) is 0 Å². The van der Waals surface area contributed by atoms with E-state index >= 15 is 0 Å². The van der Waals surface area contributed by atoms with E-state index in [0.717, 1.165) is 6.42 Å². The average molecular weight is 295 g/mol. The van der Waals surface area contributed by atoms with E-state index in [1.54, 1.807) is 6.07 Å². The Morgan fingerprint density at radius 2 is 2.33 bits per heavy atom. The molecule has 1 aliphatic rings. The number of amidine groups is 1. The fourth-order valence-electron chi connectivity index (χ4n) is 2.52. The van der Waals surface area contributed by atoms with Gasteiger partial charge in [-0.05, 0) is 25.0 Å². The molecule has 1 amide bonds. The zero-order chi connectivity index (χ0) is 15.4. The molecule has 1 aromatic rings. The number of hydrogen-bond donors (Lipinski definition) is 2. The number of carbonyl (C=O) groups excluding carboxylic acids is 1. The first-order valence-electron chi connectivity index (χ1n) is 6.67. The lowest BCUT2D eigenvalue weighted by molar-refractivity contribution is 0.0693. The van der Waals surface area contributed by atoms with Crippen LogP contribution in [0.15, 0.2) is 23.4 Å². The molecule has 2 rings (SSSR count). The first kappa shape index (κ1) is 15.1. The van der Waals surface area contributed by atoms with Gasteiger partial charge in [-0.15, -0.1) is 0 Å². The molecule has 3 N–H and O–H groups in total. The Morgan fingerprint density at radius 3 is 3.00 bits per heavy atom. The summed E-state index contributed by atoms with van der Waals surface area (Å²) >= 11 is 0. The maximum absolute atomic E-state index is 13.9. The monoisotopic (exact) mass is 295 g/mol. The van der Waals surface area contributed by atoms with Crippen molar-refractivity contribution in [1.29, 1.82) is 0 Å². The molecule has 1 unspecified atom stereocenters. The molecule has 0 bridgehead atoms. The van der Waals surface area contributed by atoms with E-state index in [0.29, 0.717) is 19.5 Å². The summed E-state index contributed by atoms with van der Waals surface area (Å²) in [6.07, 6.45) is 1.44. The third-order valence-corrected chi connectivity index (χ3v) is 3.65. The zero-order valence-electron chi connectivity index (χ0n) is 11.8. The molecule has 1 atom stereocenters. The second-order valence-electron chi connectivity index (χ2n) is 4.93. The minimum Gasteiger partial charge on any atom is -0.496 e. The summed E-state index contributed by atoms with van der Waals surface area (Å²) < 4.78 is 19.0. The lowest BCUT2D eigenvalue weighted by Gasteiger charge is -2.32. The number of nitrogens with zero attached hydrogens (tertiary/aromatic N) is 2. The molecule has 1 aliphatic heterocycles. The van der Waals surface area contributed by atoms with Gasteiger partial charge in [0.25, 0.3) is 5.91 Å². The van der Waals surface area contributed by atoms with Crippen LogP contribution in [-0.2, 0) is 0 Å². The van der Waals surface area contributed by atoms with Crippen molar-refractivity contribution in [3.63, 3.8) is 0 Å². The number of rotatable bonds is 3. The maximum Gasteiger partial charge on any atom is 0.260 e. The van der Waals surface area contributed by atoms with Crippen molar-refractivity contribution in [2.24, 2.45) is 16.8 Å². The van der Waals surface area contributed by atoms with E-state index in [2.05, 4.69) is 5.16 Å². The Morgan fingerprint density at radius 1 is 1.57 bits per heavy atom. The molecule has 0 aromatic heterocycles. The zero-order valence-corrected chi connectivity index (χ0v) is 11.8. The summed E-state index contributed by atoms with van der Waals surface area (Å²) in [6, 6.07) is 4.25. The van der Waals surface area contributed by atoms with Crippen LogP contribution in [0, 0.1) is 11.7 Å². The lowest BCUT2D eigenvalue weighted by Crippen LogP contribution is -2.44. The molecule has 114 valence electrons. The van der Waals surface area contributed by atoms with Crippen LogP contribution in [0.4, 0.5) is 4.39 Å². The number of methoxy groups -OCH3 is 1. The van der Waals surface area contributed by atoms with Crippen LogP contribution in [-0.4, -0.2) is 42.0 Å². The minimum absolute atomic E-state index is 0.0832. The molecule has 1 fully saturated rings. The highest BCUT2D eigenvalue weighted by Crippen LogP contribution is 2.25.